The lowest BCUT2D eigenvalue weighted by Crippen LogP contribution is -2.68. The van der Waals surface area contributed by atoms with Gasteiger partial charge in [-0.05, 0) is 15.4 Å². The van der Waals surface area contributed by atoms with Gasteiger partial charge in [0, 0.05) is 13.3 Å². The van der Waals surface area contributed by atoms with Crippen LogP contribution in [0.3, 0.4) is 0 Å². The van der Waals surface area contributed by atoms with Gasteiger partial charge < -0.3 is 19.6 Å². The Balaban J connectivity index is 1.59. The zero-order valence-corrected chi connectivity index (χ0v) is 24.4. The Hall–Kier alpha value is -4.11. The molecule has 212 valence electrons. The molecule has 2 aromatic carbocycles. The van der Waals surface area contributed by atoms with Crippen LogP contribution in [0.4, 0.5) is 10.2 Å². The molecule has 1 aliphatic heterocycles. The monoisotopic (exact) mass is 573 g/mol. The number of carbonyl (C=O) groups is 1. The second kappa shape index (κ2) is 10.7. The maximum atomic E-state index is 14.1. The summed E-state index contributed by atoms with van der Waals surface area (Å²) in [7, 11) is -3.02. The number of nitrogens with zero attached hydrogens (tertiary/aromatic N) is 4. The first-order chi connectivity index (χ1) is 19.5. The zero-order valence-electron chi connectivity index (χ0n) is 23.4. The van der Waals surface area contributed by atoms with Gasteiger partial charge in [-0.2, -0.15) is 14.4 Å². The Kier molecular flexibility index (Phi) is 7.42. The second-order valence-corrected chi connectivity index (χ2v) is 15.4. The number of nitrogen functional groups attached to an aromatic ring is 1. The van der Waals surface area contributed by atoms with Crippen molar-refractivity contribution in [2.45, 2.75) is 57.1 Å². The number of ether oxygens (including phenoxy) is 2. The van der Waals surface area contributed by atoms with Crippen molar-refractivity contribution in [3.05, 3.63) is 73.1 Å². The molecule has 11 heteroatoms. The Morgan fingerprint density at radius 2 is 1.78 bits per heavy atom. The molecule has 0 saturated carbocycles. The molecule has 3 heterocycles. The first-order valence-corrected chi connectivity index (χ1v) is 15.1. The van der Waals surface area contributed by atoms with Crippen molar-refractivity contribution in [2.75, 3.05) is 12.3 Å². The van der Waals surface area contributed by atoms with Crippen molar-refractivity contribution in [1.82, 2.24) is 19.5 Å². The average molecular weight is 574 g/mol. The number of imidazole rings is 1. The van der Waals surface area contributed by atoms with Crippen LogP contribution in [-0.4, -0.2) is 52.1 Å². The minimum atomic E-state index is -3.02. The van der Waals surface area contributed by atoms with E-state index in [1.54, 1.807) is 0 Å². The number of anilines is 1. The Labute approximate surface area is 239 Å². The van der Waals surface area contributed by atoms with E-state index < -0.39 is 38.3 Å². The fourth-order valence-electron chi connectivity index (χ4n) is 5.65. The topological polar surface area (TPSA) is 114 Å². The average Bonchev–Trinajstić information content (AvgIpc) is 3.51. The van der Waals surface area contributed by atoms with Gasteiger partial charge in [0.15, 0.2) is 22.6 Å². The summed E-state index contributed by atoms with van der Waals surface area (Å²) in [5.74, 6) is 2.14. The van der Waals surface area contributed by atoms with Crippen LogP contribution in [0.1, 0.15) is 40.3 Å². The third-order valence-electron chi connectivity index (χ3n) is 7.49. The molecule has 1 fully saturated rings. The van der Waals surface area contributed by atoms with E-state index in [-0.39, 0.29) is 35.0 Å². The number of terminal acetylenes is 1. The van der Waals surface area contributed by atoms with Gasteiger partial charge in [-0.3, -0.25) is 9.36 Å². The van der Waals surface area contributed by atoms with Crippen molar-refractivity contribution in [3.8, 4) is 12.3 Å². The standard InChI is InChI=1S/C30H32FN5O4Si/c1-6-30(18-38-41(29(3,4)5,21-13-9-7-10-14-21)22-15-11-8-12-16-22)23(39-20(2)37)17-24(40-30)36-19-33-25-26(32)34-28(31)35-27(25)36/h1,7-16,19,23-24H,17-18H2,2-5H3,(H2,32,34,35)/t23-,24+,30+/m0/s1. The summed E-state index contributed by atoms with van der Waals surface area (Å²) in [4.78, 5) is 23.9. The maximum Gasteiger partial charge on any atom is 0.312 e. The van der Waals surface area contributed by atoms with Crippen LogP contribution in [0.5, 0.6) is 0 Å². The molecule has 0 aliphatic carbocycles. The smallest absolute Gasteiger partial charge is 0.312 e. The summed E-state index contributed by atoms with van der Waals surface area (Å²) >= 11 is 0. The number of hydrogen-bond donors (Lipinski definition) is 1. The highest BCUT2D eigenvalue weighted by Gasteiger charge is 2.56. The van der Waals surface area contributed by atoms with E-state index in [0.29, 0.717) is 0 Å². The molecule has 5 rings (SSSR count). The number of aromatic nitrogens is 4. The van der Waals surface area contributed by atoms with E-state index in [1.165, 1.54) is 17.8 Å². The normalized spacial score (nSPS) is 21.1. The number of hydrogen-bond acceptors (Lipinski definition) is 8. The quantitative estimate of drug-likeness (QED) is 0.155. The van der Waals surface area contributed by atoms with Crippen molar-refractivity contribution >= 4 is 41.6 Å². The maximum absolute atomic E-state index is 14.1. The predicted molar refractivity (Wildman–Crippen MR) is 155 cm³/mol. The third-order valence-corrected chi connectivity index (χ3v) is 12.5. The Morgan fingerprint density at radius 1 is 1.17 bits per heavy atom. The van der Waals surface area contributed by atoms with Gasteiger partial charge in [0.25, 0.3) is 8.32 Å². The molecular formula is C30H32FN5O4Si. The number of esters is 1. The number of carbonyl (C=O) groups excluding carboxylic acids is 1. The van der Waals surface area contributed by atoms with Crippen LogP contribution in [0.2, 0.25) is 5.04 Å². The van der Waals surface area contributed by atoms with E-state index in [0.717, 1.165) is 10.4 Å². The lowest BCUT2D eigenvalue weighted by molar-refractivity contribution is -0.155. The highest BCUT2D eigenvalue weighted by molar-refractivity contribution is 6.99. The fraction of sp³-hybridized carbons (Fsp3) is 0.333. The van der Waals surface area contributed by atoms with Crippen LogP contribution >= 0.6 is 0 Å². The molecule has 2 aromatic heterocycles. The molecule has 41 heavy (non-hydrogen) atoms. The molecule has 0 bridgehead atoms. The van der Waals surface area contributed by atoms with E-state index >= 15 is 0 Å². The van der Waals surface area contributed by atoms with Crippen LogP contribution in [0.15, 0.2) is 67.0 Å². The third kappa shape index (κ3) is 4.99. The second-order valence-electron chi connectivity index (χ2n) is 11.1. The van der Waals surface area contributed by atoms with Gasteiger partial charge in [-0.1, -0.05) is 87.4 Å². The van der Waals surface area contributed by atoms with Crippen LogP contribution in [0, 0.1) is 18.4 Å². The molecule has 0 amide bonds. The van der Waals surface area contributed by atoms with Crippen molar-refractivity contribution in [1.29, 1.82) is 0 Å². The van der Waals surface area contributed by atoms with Crippen molar-refractivity contribution in [3.63, 3.8) is 0 Å². The molecule has 3 atom stereocenters. The van der Waals surface area contributed by atoms with Crippen LogP contribution < -0.4 is 16.1 Å². The summed E-state index contributed by atoms with van der Waals surface area (Å²) in [5.41, 5.74) is 4.77. The zero-order chi connectivity index (χ0) is 29.4. The van der Waals surface area contributed by atoms with Crippen molar-refractivity contribution in [2.24, 2.45) is 0 Å². The first kappa shape index (κ1) is 28.4. The van der Waals surface area contributed by atoms with E-state index in [2.05, 4.69) is 65.9 Å². The van der Waals surface area contributed by atoms with Gasteiger partial charge in [0.2, 0.25) is 0 Å². The molecule has 0 radical (unpaired) electrons. The summed E-state index contributed by atoms with van der Waals surface area (Å²) < 4.78 is 35.0. The number of halogens is 1. The molecule has 2 N–H and O–H groups in total. The Morgan fingerprint density at radius 3 is 2.32 bits per heavy atom. The minimum absolute atomic E-state index is 0.0661. The predicted octanol–water partition coefficient (Wildman–Crippen LogP) is 3.35. The summed E-state index contributed by atoms with van der Waals surface area (Å²) in [6.07, 6.45) is 5.10. The van der Waals surface area contributed by atoms with Gasteiger partial charge in [0.05, 0.1) is 12.9 Å². The molecule has 0 spiro atoms. The van der Waals surface area contributed by atoms with Crippen LogP contribution in [0.25, 0.3) is 11.2 Å². The van der Waals surface area contributed by atoms with E-state index in [9.17, 15) is 9.18 Å². The van der Waals surface area contributed by atoms with Gasteiger partial charge in [0.1, 0.15) is 12.3 Å². The SMILES string of the molecule is C#C[C@]1(CO[Si](c2ccccc2)(c2ccccc2)C(C)(C)C)O[C@@H](n2cnc3c(N)nc(F)nc32)C[C@@H]1OC(C)=O. The number of nitrogens with two attached hydrogens (primary N) is 1. The number of benzene rings is 2. The van der Waals surface area contributed by atoms with E-state index in [4.69, 9.17) is 26.1 Å². The molecular weight excluding hydrogens is 541 g/mol. The number of rotatable bonds is 7. The fourth-order valence-corrected chi connectivity index (χ4v) is 10.2. The van der Waals surface area contributed by atoms with E-state index in [1.807, 2.05) is 36.4 Å². The summed E-state index contributed by atoms with van der Waals surface area (Å²) in [5, 5.41) is 1.80. The summed E-state index contributed by atoms with van der Waals surface area (Å²) in [6, 6.07) is 20.2. The molecule has 1 saturated heterocycles. The lowest BCUT2D eigenvalue weighted by atomic mass is 9.98. The van der Waals surface area contributed by atoms with Gasteiger partial charge in [-0.25, -0.2) is 4.98 Å². The van der Waals surface area contributed by atoms with Gasteiger partial charge >= 0.3 is 12.0 Å². The molecule has 0 unspecified atom stereocenters. The Bertz CT molecular complexity index is 1560. The molecule has 9 nitrogen and oxygen atoms in total. The summed E-state index contributed by atoms with van der Waals surface area (Å²) in [6.45, 7) is 7.70. The highest BCUT2D eigenvalue weighted by atomic mass is 28.4. The first-order valence-electron chi connectivity index (χ1n) is 13.2. The highest BCUT2D eigenvalue weighted by Crippen LogP contribution is 2.43. The molecule has 1 aliphatic rings. The molecule has 4 aromatic rings. The van der Waals surface area contributed by atoms with Crippen molar-refractivity contribution < 1.29 is 23.1 Å². The largest absolute Gasteiger partial charge is 0.458 e. The lowest BCUT2D eigenvalue weighted by Gasteiger charge is -2.44. The van der Waals surface area contributed by atoms with Gasteiger partial charge in [-0.15, -0.1) is 6.42 Å². The minimum Gasteiger partial charge on any atom is -0.458 e. The number of fused-ring (bicyclic) bond motifs is 1. The van der Waals surface area contributed by atoms with Crippen LogP contribution in [-0.2, 0) is 18.7 Å².